The van der Waals surface area contributed by atoms with Crippen LogP contribution < -0.4 is 5.32 Å². The molecule has 0 saturated carbocycles. The smallest absolute Gasteiger partial charge is 0.456 e. The van der Waals surface area contributed by atoms with Crippen molar-refractivity contribution in [2.45, 2.75) is 296 Å². The monoisotopic (exact) mass is 1060 g/mol. The first-order valence-corrected chi connectivity index (χ1v) is 32.6. The molecule has 0 bridgehead atoms. The average molecular weight is 1060 g/mol. The van der Waals surface area contributed by atoms with E-state index < -0.39 is 20.0 Å². The minimum absolute atomic E-state index is 0.0365. The van der Waals surface area contributed by atoms with Gasteiger partial charge in [0, 0.05) is 12.8 Å². The largest absolute Gasteiger partial charge is 0.472 e. The molecule has 0 radical (unpaired) electrons. The van der Waals surface area contributed by atoms with Gasteiger partial charge < -0.3 is 19.4 Å². The molecule has 3 unspecified atom stereocenters. The Morgan fingerprint density at radius 3 is 1.27 bits per heavy atom. The number of nitrogens with zero attached hydrogens (tertiary/aromatic N) is 1. The van der Waals surface area contributed by atoms with E-state index in [1.807, 2.05) is 33.3 Å². The van der Waals surface area contributed by atoms with Gasteiger partial charge in [0.05, 0.1) is 33.8 Å². The van der Waals surface area contributed by atoms with E-state index in [1.165, 1.54) is 148 Å². The summed E-state index contributed by atoms with van der Waals surface area (Å²) in [6.07, 6.45) is 67.8. The molecule has 0 heterocycles. The number of allylic oxidation sites excluding steroid dienone is 9. The Bertz CT molecular complexity index is 1450. The molecular formula is C64H120N2O7P+. The van der Waals surface area contributed by atoms with Crippen LogP contribution in [-0.4, -0.2) is 74.3 Å². The molecule has 10 heteroatoms. The van der Waals surface area contributed by atoms with Crippen LogP contribution in [-0.2, 0) is 27.9 Å². The van der Waals surface area contributed by atoms with Crippen LogP contribution in [0.1, 0.15) is 284 Å². The van der Waals surface area contributed by atoms with E-state index in [2.05, 4.69) is 74.7 Å². The van der Waals surface area contributed by atoms with Crippen LogP contribution in [0.15, 0.2) is 60.8 Å². The Labute approximate surface area is 458 Å². The van der Waals surface area contributed by atoms with E-state index in [-0.39, 0.29) is 31.5 Å². The lowest BCUT2D eigenvalue weighted by molar-refractivity contribution is -0.870. The number of likely N-dealkylation sites (N-methyl/N-ethyl adjacent to an activating group) is 1. The molecule has 2 N–H and O–H groups in total. The van der Waals surface area contributed by atoms with Gasteiger partial charge in [-0.1, -0.05) is 236 Å². The third kappa shape index (κ3) is 54.5. The van der Waals surface area contributed by atoms with Crippen molar-refractivity contribution in [2.75, 3.05) is 40.9 Å². The number of rotatable bonds is 56. The van der Waals surface area contributed by atoms with Crippen molar-refractivity contribution in [3.05, 3.63) is 60.8 Å². The highest BCUT2D eigenvalue weighted by atomic mass is 31.2. The second-order valence-corrected chi connectivity index (χ2v) is 23.7. The molecule has 1 amide bonds. The van der Waals surface area contributed by atoms with Gasteiger partial charge in [-0.15, -0.1) is 0 Å². The van der Waals surface area contributed by atoms with Crippen molar-refractivity contribution < 1.29 is 37.3 Å². The average Bonchev–Trinajstić information content (AvgIpc) is 3.36. The summed E-state index contributed by atoms with van der Waals surface area (Å²) in [7, 11) is 1.49. The third-order valence-corrected chi connectivity index (χ3v) is 14.7. The van der Waals surface area contributed by atoms with E-state index in [9.17, 15) is 19.0 Å². The first-order valence-electron chi connectivity index (χ1n) is 31.1. The predicted molar refractivity (Wildman–Crippen MR) is 318 cm³/mol. The molecule has 0 aliphatic carbocycles. The molecule has 74 heavy (non-hydrogen) atoms. The molecule has 0 aliphatic heterocycles. The SMILES string of the molecule is CCCCC/C=C\C/C=C\C/C=C\CCCCCCCCCCC(=O)OC(/C=C/CCCCCCCCCCC)C(COP(=O)(O)OCC[N+](C)(C)C)NC(=O)CCCCCCC/C=C/CCCCCCCCC. The van der Waals surface area contributed by atoms with Crippen LogP contribution in [0.25, 0.3) is 0 Å². The van der Waals surface area contributed by atoms with Gasteiger partial charge in [0.2, 0.25) is 5.91 Å². The summed E-state index contributed by atoms with van der Waals surface area (Å²) >= 11 is 0. The van der Waals surface area contributed by atoms with E-state index >= 15 is 0 Å². The number of hydrogen-bond donors (Lipinski definition) is 2. The Balaban J connectivity index is 5.23. The molecule has 3 atom stereocenters. The summed E-state index contributed by atoms with van der Waals surface area (Å²) in [6, 6.07) is -0.856. The van der Waals surface area contributed by atoms with Gasteiger partial charge in [-0.2, -0.15) is 0 Å². The maximum atomic E-state index is 13.5. The zero-order chi connectivity index (χ0) is 54.3. The number of carbonyl (C=O) groups is 2. The van der Waals surface area contributed by atoms with Crippen LogP contribution in [0.4, 0.5) is 0 Å². The van der Waals surface area contributed by atoms with E-state index in [0.29, 0.717) is 17.4 Å². The predicted octanol–water partition coefficient (Wildman–Crippen LogP) is 19.1. The quantitative estimate of drug-likeness (QED) is 0.0205. The van der Waals surface area contributed by atoms with E-state index in [0.717, 1.165) is 103 Å². The second-order valence-electron chi connectivity index (χ2n) is 22.2. The van der Waals surface area contributed by atoms with Crippen molar-refractivity contribution in [1.29, 1.82) is 0 Å². The minimum Gasteiger partial charge on any atom is -0.456 e. The maximum Gasteiger partial charge on any atom is 0.472 e. The maximum absolute atomic E-state index is 13.5. The molecule has 9 nitrogen and oxygen atoms in total. The lowest BCUT2D eigenvalue weighted by Gasteiger charge is -2.27. The highest BCUT2D eigenvalue weighted by Crippen LogP contribution is 2.43. The Morgan fingerprint density at radius 2 is 0.824 bits per heavy atom. The summed E-state index contributed by atoms with van der Waals surface area (Å²) < 4.78 is 30.7. The first kappa shape index (κ1) is 71.7. The van der Waals surface area contributed by atoms with Crippen LogP contribution in [0, 0.1) is 0 Å². The van der Waals surface area contributed by atoms with E-state index in [1.54, 1.807) is 0 Å². The molecular weight excluding hydrogens is 940 g/mol. The molecule has 0 aromatic rings. The number of nitrogens with one attached hydrogen (secondary N) is 1. The second kappa shape index (κ2) is 54.1. The van der Waals surface area contributed by atoms with Gasteiger partial charge in [0.1, 0.15) is 19.3 Å². The molecule has 0 rings (SSSR count). The zero-order valence-corrected chi connectivity index (χ0v) is 50.2. The number of unbranched alkanes of at least 4 members (excludes halogenated alkanes) is 32. The fraction of sp³-hybridized carbons (Fsp3) is 0.812. The molecule has 0 spiro atoms. The van der Waals surface area contributed by atoms with Gasteiger partial charge in [0.15, 0.2) is 0 Å². The molecule has 0 aromatic heterocycles. The summed E-state index contributed by atoms with van der Waals surface area (Å²) in [5.74, 6) is -0.519. The Kier molecular flexibility index (Phi) is 52.4. The summed E-state index contributed by atoms with van der Waals surface area (Å²) in [6.45, 7) is 6.98. The normalized spacial score (nSPS) is 14.1. The number of hydrogen-bond acceptors (Lipinski definition) is 6. The van der Waals surface area contributed by atoms with Gasteiger partial charge >= 0.3 is 13.8 Å². The summed E-state index contributed by atoms with van der Waals surface area (Å²) in [5, 5.41) is 3.05. The number of ether oxygens (including phenoxy) is 1. The molecule has 0 aromatic carbocycles. The highest BCUT2D eigenvalue weighted by molar-refractivity contribution is 7.47. The number of phosphoric ester groups is 1. The minimum atomic E-state index is -4.45. The third-order valence-electron chi connectivity index (χ3n) is 13.7. The number of esters is 1. The van der Waals surface area contributed by atoms with Gasteiger partial charge in [-0.25, -0.2) is 4.57 Å². The van der Waals surface area contributed by atoms with Crippen LogP contribution in [0.5, 0.6) is 0 Å². The van der Waals surface area contributed by atoms with Crippen molar-refractivity contribution in [3.8, 4) is 0 Å². The van der Waals surface area contributed by atoms with Crippen molar-refractivity contribution in [1.82, 2.24) is 5.32 Å². The molecule has 0 saturated heterocycles. The van der Waals surface area contributed by atoms with Crippen molar-refractivity contribution in [3.63, 3.8) is 0 Å². The number of quaternary nitrogens is 1. The first-order chi connectivity index (χ1) is 35.9. The Morgan fingerprint density at radius 1 is 0.473 bits per heavy atom. The highest BCUT2D eigenvalue weighted by Gasteiger charge is 2.30. The number of phosphoric acid groups is 1. The van der Waals surface area contributed by atoms with Crippen LogP contribution >= 0.6 is 7.82 Å². The fourth-order valence-electron chi connectivity index (χ4n) is 8.82. The lowest BCUT2D eigenvalue weighted by Crippen LogP contribution is -2.47. The molecule has 0 fully saturated rings. The Hall–Kier alpha value is -2.29. The van der Waals surface area contributed by atoms with Crippen molar-refractivity contribution >= 4 is 19.7 Å². The standard InChI is InChI=1S/C64H119N2O7P/c1-7-10-13-16-19-22-25-27-29-31-32-33-34-35-37-39-42-45-48-51-54-57-64(68)73-62(55-52-49-46-43-40-24-21-18-15-12-9-3)61(60-72-74(69,70)71-59-58-66(4,5)6)65-63(67)56-53-50-47-44-41-38-36-30-28-26-23-20-17-14-11-8-2/h19,22,27,29-30,32-33,36,52,55,61-62H,7-18,20-21,23-26,28,31,34-35,37-51,53-54,56-60H2,1-6H3,(H-,65,67,69,70)/p+1/b22-19-,29-27-,33-32-,36-30+,55-52+. The van der Waals surface area contributed by atoms with Gasteiger partial charge in [0.25, 0.3) is 0 Å². The summed E-state index contributed by atoms with van der Waals surface area (Å²) in [4.78, 5) is 37.7. The molecule has 0 aliphatic rings. The van der Waals surface area contributed by atoms with Gasteiger partial charge in [-0.05, 0) is 96.0 Å². The van der Waals surface area contributed by atoms with Crippen molar-refractivity contribution in [2.24, 2.45) is 0 Å². The summed E-state index contributed by atoms with van der Waals surface area (Å²) in [5.41, 5.74) is 0. The zero-order valence-electron chi connectivity index (χ0n) is 49.3. The van der Waals surface area contributed by atoms with E-state index in [4.69, 9.17) is 13.8 Å². The number of amides is 1. The van der Waals surface area contributed by atoms with Gasteiger partial charge in [-0.3, -0.25) is 18.6 Å². The number of carbonyl (C=O) groups excluding carboxylic acids is 2. The topological polar surface area (TPSA) is 111 Å². The van der Waals surface area contributed by atoms with Crippen LogP contribution in [0.3, 0.4) is 0 Å². The fourth-order valence-corrected chi connectivity index (χ4v) is 9.56. The van der Waals surface area contributed by atoms with Crippen LogP contribution in [0.2, 0.25) is 0 Å². The lowest BCUT2D eigenvalue weighted by atomic mass is 10.1. The molecule has 432 valence electrons.